The molecular formula is C38H44F2N8O3. The minimum Gasteiger partial charge on any atom is -0.508 e. The van der Waals surface area contributed by atoms with Gasteiger partial charge in [0.25, 0.3) is 5.91 Å². The molecule has 51 heavy (non-hydrogen) atoms. The minimum absolute atomic E-state index is 0.124. The van der Waals surface area contributed by atoms with E-state index in [2.05, 4.69) is 25.1 Å². The highest BCUT2D eigenvalue weighted by molar-refractivity contribution is 5.98. The van der Waals surface area contributed by atoms with Gasteiger partial charge in [-0.05, 0) is 80.6 Å². The van der Waals surface area contributed by atoms with Crippen molar-refractivity contribution in [3.05, 3.63) is 64.4 Å². The third-order valence-electron chi connectivity index (χ3n) is 11.5. The van der Waals surface area contributed by atoms with Gasteiger partial charge >= 0.3 is 6.01 Å². The number of nitrogens with zero attached hydrogens (tertiary/aromatic N) is 7. The van der Waals surface area contributed by atoms with Crippen LogP contribution < -0.4 is 19.9 Å². The number of nitrogens with one attached hydrogen (secondary N) is 1. The van der Waals surface area contributed by atoms with Crippen LogP contribution in [0.1, 0.15) is 78.5 Å². The second-order valence-corrected chi connectivity index (χ2v) is 15.0. The average Bonchev–Trinajstić information content (AvgIpc) is 3.66. The molecular weight excluding hydrogens is 654 g/mol. The van der Waals surface area contributed by atoms with E-state index >= 15 is 4.39 Å². The van der Waals surface area contributed by atoms with Gasteiger partial charge in [0.05, 0.1) is 30.0 Å². The predicted molar refractivity (Wildman–Crippen MR) is 189 cm³/mol. The topological polar surface area (TPSA) is 112 Å². The number of halogens is 2. The number of aromatic nitrogens is 4. The molecule has 2 atom stereocenters. The number of carbonyl (C=O) groups is 1. The van der Waals surface area contributed by atoms with Gasteiger partial charge in [0.1, 0.15) is 30.2 Å². The summed E-state index contributed by atoms with van der Waals surface area (Å²) in [5.41, 5.74) is 4.26. The summed E-state index contributed by atoms with van der Waals surface area (Å²) in [6.07, 6.45) is 5.47. The van der Waals surface area contributed by atoms with Gasteiger partial charge in [-0.3, -0.25) is 14.4 Å². The van der Waals surface area contributed by atoms with Crippen LogP contribution in [0.25, 0.3) is 10.8 Å². The first kappa shape index (κ1) is 32.4. The number of anilines is 2. The third kappa shape index (κ3) is 5.92. The van der Waals surface area contributed by atoms with E-state index in [-0.39, 0.29) is 35.1 Å². The number of fused-ring (bicyclic) bond motifs is 4. The summed E-state index contributed by atoms with van der Waals surface area (Å²) in [7, 11) is 0. The van der Waals surface area contributed by atoms with Crippen LogP contribution >= 0.6 is 0 Å². The van der Waals surface area contributed by atoms with Gasteiger partial charge in [-0.1, -0.05) is 13.0 Å². The van der Waals surface area contributed by atoms with Gasteiger partial charge in [-0.25, -0.2) is 8.78 Å². The Hall–Kier alpha value is -4.52. The van der Waals surface area contributed by atoms with Crippen molar-refractivity contribution in [2.75, 3.05) is 42.6 Å². The summed E-state index contributed by atoms with van der Waals surface area (Å²) < 4.78 is 38.1. The zero-order valence-corrected chi connectivity index (χ0v) is 29.0. The Labute approximate surface area is 295 Å². The van der Waals surface area contributed by atoms with Crippen molar-refractivity contribution in [3.63, 3.8) is 0 Å². The molecule has 11 nitrogen and oxygen atoms in total. The Morgan fingerprint density at radius 2 is 1.96 bits per heavy atom. The summed E-state index contributed by atoms with van der Waals surface area (Å²) >= 11 is 0. The van der Waals surface area contributed by atoms with Gasteiger partial charge in [-0.15, -0.1) is 0 Å². The molecule has 268 valence electrons. The first-order chi connectivity index (χ1) is 24.8. The summed E-state index contributed by atoms with van der Waals surface area (Å²) in [6, 6.07) is 9.00. The number of benzene rings is 2. The largest absolute Gasteiger partial charge is 0.508 e. The lowest BCUT2D eigenvalue weighted by Gasteiger charge is -2.35. The summed E-state index contributed by atoms with van der Waals surface area (Å²) in [5.74, 6) is 0.530. The lowest BCUT2D eigenvalue weighted by atomic mass is 9.95. The van der Waals surface area contributed by atoms with Gasteiger partial charge in [0.15, 0.2) is 5.69 Å². The van der Waals surface area contributed by atoms with Crippen LogP contribution in [0.4, 0.5) is 20.3 Å². The number of phenolic OH excluding ortho intramolecular Hbond substituents is 1. The molecule has 4 aliphatic heterocycles. The second-order valence-electron chi connectivity index (χ2n) is 15.0. The summed E-state index contributed by atoms with van der Waals surface area (Å²) in [5, 5.41) is 20.0. The van der Waals surface area contributed by atoms with Crippen molar-refractivity contribution in [1.29, 1.82) is 0 Å². The van der Waals surface area contributed by atoms with E-state index in [1.165, 1.54) is 6.07 Å². The molecule has 9 rings (SSSR count). The standard InChI is InChI=1S/C38H44F2N8O3/c1-2-28-30(40)8-5-23-15-27(49)17-33(34(23)28)45-14-9-29-32(21-45)42-37(51-22-38-10-3-12-47(38)19-24(39)18-38)43-35(29)46-11-4-13-48-26(20-46)16-31(44-48)36(50)41-25-6-7-25/h5,8,15-17,24-25,49H,2-4,6-7,9-14,18-22H2,1H3,(H,41,50)/t24-,38+/m1/s1. The molecule has 0 unspecified atom stereocenters. The molecule has 5 aliphatic rings. The summed E-state index contributed by atoms with van der Waals surface area (Å²) in [6.45, 7) is 6.55. The number of hydrogen-bond donors (Lipinski definition) is 2. The number of amides is 1. The van der Waals surface area contributed by atoms with E-state index in [1.807, 2.05) is 17.7 Å². The molecule has 1 saturated carbocycles. The molecule has 0 bridgehead atoms. The molecule has 3 fully saturated rings. The van der Waals surface area contributed by atoms with Crippen LogP contribution in [0.15, 0.2) is 30.3 Å². The fourth-order valence-electron chi connectivity index (χ4n) is 8.88. The first-order valence-electron chi connectivity index (χ1n) is 18.5. The van der Waals surface area contributed by atoms with Crippen LogP contribution in [0.5, 0.6) is 11.8 Å². The maximum absolute atomic E-state index is 15.1. The smallest absolute Gasteiger partial charge is 0.318 e. The number of phenols is 1. The molecule has 6 heterocycles. The molecule has 1 amide bonds. The van der Waals surface area contributed by atoms with E-state index in [0.29, 0.717) is 69.9 Å². The van der Waals surface area contributed by atoms with Crippen molar-refractivity contribution in [2.45, 2.75) is 95.7 Å². The Balaban J connectivity index is 1.07. The van der Waals surface area contributed by atoms with Gasteiger partial charge < -0.3 is 25.0 Å². The quantitative estimate of drug-likeness (QED) is 0.261. The van der Waals surface area contributed by atoms with Gasteiger partial charge in [0.2, 0.25) is 0 Å². The van der Waals surface area contributed by atoms with E-state index < -0.39 is 6.17 Å². The normalized spacial score (nSPS) is 23.2. The number of carbonyl (C=O) groups excluding carboxylic acids is 1. The van der Waals surface area contributed by atoms with E-state index in [1.54, 1.807) is 18.2 Å². The Morgan fingerprint density at radius 1 is 1.08 bits per heavy atom. The maximum atomic E-state index is 15.1. The van der Waals surface area contributed by atoms with Crippen LogP contribution in [0.2, 0.25) is 0 Å². The number of ether oxygens (including phenoxy) is 1. The van der Waals surface area contributed by atoms with Gasteiger partial charge in [0, 0.05) is 61.3 Å². The Kier molecular flexibility index (Phi) is 8.01. The fourth-order valence-corrected chi connectivity index (χ4v) is 8.88. The van der Waals surface area contributed by atoms with Crippen molar-refractivity contribution >= 4 is 28.2 Å². The Bertz CT molecular complexity index is 2020. The zero-order valence-electron chi connectivity index (χ0n) is 29.0. The lowest BCUT2D eigenvalue weighted by molar-refractivity contribution is 0.0945. The number of aromatic hydroxyl groups is 1. The molecule has 2 aromatic carbocycles. The monoisotopic (exact) mass is 698 g/mol. The summed E-state index contributed by atoms with van der Waals surface area (Å²) in [4.78, 5) is 29.6. The van der Waals surface area contributed by atoms with Crippen molar-refractivity contribution in [2.24, 2.45) is 0 Å². The first-order valence-corrected chi connectivity index (χ1v) is 18.5. The highest BCUT2D eigenvalue weighted by Crippen LogP contribution is 2.42. The van der Waals surface area contributed by atoms with E-state index in [4.69, 9.17) is 14.7 Å². The van der Waals surface area contributed by atoms with Crippen LogP contribution in [-0.4, -0.2) is 86.2 Å². The Morgan fingerprint density at radius 3 is 2.80 bits per heavy atom. The fraction of sp³-hybridized carbons (Fsp3) is 0.526. The highest BCUT2D eigenvalue weighted by atomic mass is 19.1. The minimum atomic E-state index is -0.865. The molecule has 2 saturated heterocycles. The van der Waals surface area contributed by atoms with Crippen LogP contribution in [0.3, 0.4) is 0 Å². The third-order valence-corrected chi connectivity index (χ3v) is 11.5. The lowest BCUT2D eigenvalue weighted by Crippen LogP contribution is -2.43. The molecule has 1 aliphatic carbocycles. The maximum Gasteiger partial charge on any atom is 0.318 e. The molecule has 0 radical (unpaired) electrons. The second kappa shape index (κ2) is 12.6. The van der Waals surface area contributed by atoms with E-state index in [9.17, 15) is 14.3 Å². The molecule has 2 N–H and O–H groups in total. The van der Waals surface area contributed by atoms with Gasteiger partial charge in [-0.2, -0.15) is 15.1 Å². The number of rotatable bonds is 8. The van der Waals surface area contributed by atoms with Crippen LogP contribution in [-0.2, 0) is 32.5 Å². The van der Waals surface area contributed by atoms with E-state index in [0.717, 1.165) is 84.4 Å². The number of hydrogen-bond acceptors (Lipinski definition) is 9. The zero-order chi connectivity index (χ0) is 34.9. The number of aryl methyl sites for hydroxylation is 2. The molecule has 2 aromatic heterocycles. The molecule has 0 spiro atoms. The predicted octanol–water partition coefficient (Wildman–Crippen LogP) is 5.05. The van der Waals surface area contributed by atoms with Crippen molar-refractivity contribution < 1.29 is 23.4 Å². The SMILES string of the molecule is CCc1c(F)ccc2cc(O)cc(N3CCc4c(nc(OC[C@@]56CCCN5C[C@H](F)C6)nc4N4CCCn5nc(C(=O)NC6CC6)cc5C4)C3)c12. The van der Waals surface area contributed by atoms with Crippen molar-refractivity contribution in [1.82, 2.24) is 30.0 Å². The number of alkyl halides is 1. The molecule has 13 heteroatoms. The van der Waals surface area contributed by atoms with Crippen molar-refractivity contribution in [3.8, 4) is 11.8 Å². The highest BCUT2D eigenvalue weighted by Gasteiger charge is 2.49. The molecule has 4 aromatic rings. The van der Waals surface area contributed by atoms with Crippen LogP contribution in [0, 0.1) is 5.82 Å². The average molecular weight is 699 g/mol.